The molecule has 0 bridgehead atoms. The fourth-order valence-electron chi connectivity index (χ4n) is 2.93. The SMILES string of the molecule is CCCNC(=O)CC/N=C(/c1ccc(Cl)cc1)c1cc(OC)ccc1N(N=O)C(C)N. The van der Waals surface area contributed by atoms with Gasteiger partial charge in [0.05, 0.1) is 30.0 Å². The number of anilines is 1. The van der Waals surface area contributed by atoms with Crippen molar-refractivity contribution in [3.05, 3.63) is 63.5 Å². The van der Waals surface area contributed by atoms with Crippen molar-refractivity contribution in [1.29, 1.82) is 0 Å². The number of carbonyl (C=O) groups excluding carboxylic acids is 1. The first kappa shape index (κ1) is 24.3. The molecule has 0 saturated heterocycles. The van der Waals surface area contributed by atoms with E-state index in [2.05, 4.69) is 10.6 Å². The number of nitrogens with one attached hydrogen (secondary N) is 1. The molecule has 0 heterocycles. The second-order valence-corrected chi connectivity index (χ2v) is 7.32. The highest BCUT2D eigenvalue weighted by atomic mass is 35.5. The fraction of sp³-hybridized carbons (Fsp3) is 0.364. The number of benzene rings is 2. The normalized spacial score (nSPS) is 12.2. The van der Waals surface area contributed by atoms with Crippen LogP contribution in [0.2, 0.25) is 5.02 Å². The molecule has 0 saturated carbocycles. The molecule has 166 valence electrons. The average Bonchev–Trinajstić information content (AvgIpc) is 2.76. The van der Waals surface area contributed by atoms with Gasteiger partial charge >= 0.3 is 0 Å². The van der Waals surface area contributed by atoms with Crippen LogP contribution in [0.5, 0.6) is 5.75 Å². The van der Waals surface area contributed by atoms with Crippen LogP contribution < -0.4 is 20.8 Å². The van der Waals surface area contributed by atoms with Crippen LogP contribution in [0.1, 0.15) is 37.8 Å². The predicted molar refractivity (Wildman–Crippen MR) is 125 cm³/mol. The largest absolute Gasteiger partial charge is 0.497 e. The van der Waals surface area contributed by atoms with Crippen LogP contribution in [0.4, 0.5) is 5.69 Å². The Kier molecular flexibility index (Phi) is 9.42. The average molecular weight is 446 g/mol. The number of nitrogens with zero attached hydrogens (tertiary/aromatic N) is 3. The predicted octanol–water partition coefficient (Wildman–Crippen LogP) is 3.89. The molecule has 3 N–H and O–H groups in total. The second kappa shape index (κ2) is 12.0. The molecular weight excluding hydrogens is 418 g/mol. The maximum Gasteiger partial charge on any atom is 0.221 e. The van der Waals surface area contributed by atoms with E-state index in [4.69, 9.17) is 27.1 Å². The highest BCUT2D eigenvalue weighted by Gasteiger charge is 2.21. The molecule has 1 atom stereocenters. The number of nitrogens with two attached hydrogens (primary N) is 1. The Morgan fingerprint density at radius 3 is 2.55 bits per heavy atom. The first-order chi connectivity index (χ1) is 14.9. The van der Waals surface area contributed by atoms with E-state index in [0.29, 0.717) is 34.3 Å². The standard InChI is InChI=1S/C22H28ClN5O3/c1-4-12-25-21(29)11-13-26-22(16-5-7-17(23)8-6-16)19-14-18(31-3)9-10-20(19)28(27-30)15(2)24/h5-10,14-15H,4,11-13,24H2,1-3H3,(H,25,29)/b26-22-. The number of ether oxygens (including phenoxy) is 1. The van der Waals surface area contributed by atoms with Gasteiger partial charge in [0.15, 0.2) is 0 Å². The number of rotatable bonds is 11. The second-order valence-electron chi connectivity index (χ2n) is 6.89. The summed E-state index contributed by atoms with van der Waals surface area (Å²) in [6.45, 7) is 4.54. The molecule has 2 rings (SSSR count). The van der Waals surface area contributed by atoms with Crippen molar-refractivity contribution in [2.75, 3.05) is 25.2 Å². The molecule has 0 aromatic heterocycles. The molecule has 31 heavy (non-hydrogen) atoms. The number of nitroso groups, excluding NO2 is 1. The Labute approximate surface area is 187 Å². The molecule has 9 heteroatoms. The van der Waals surface area contributed by atoms with Crippen LogP contribution >= 0.6 is 11.6 Å². The minimum absolute atomic E-state index is 0.0707. The highest BCUT2D eigenvalue weighted by molar-refractivity contribution is 6.30. The molecule has 0 fully saturated rings. The number of methoxy groups -OCH3 is 1. The number of aliphatic imine (C=N–C) groups is 1. The monoisotopic (exact) mass is 445 g/mol. The van der Waals surface area contributed by atoms with Crippen LogP contribution in [0.25, 0.3) is 0 Å². The molecule has 2 aromatic carbocycles. The van der Waals surface area contributed by atoms with Gasteiger partial charge in [-0.1, -0.05) is 30.7 Å². The number of halogens is 1. The molecule has 1 amide bonds. The lowest BCUT2D eigenvalue weighted by Crippen LogP contribution is -2.36. The van der Waals surface area contributed by atoms with E-state index in [9.17, 15) is 9.70 Å². The summed E-state index contributed by atoms with van der Waals surface area (Å²) in [6.07, 6.45) is 0.444. The van der Waals surface area contributed by atoms with Gasteiger partial charge in [-0.3, -0.25) is 9.79 Å². The fourth-order valence-corrected chi connectivity index (χ4v) is 3.06. The zero-order valence-corrected chi connectivity index (χ0v) is 18.7. The lowest BCUT2D eigenvalue weighted by Gasteiger charge is -2.23. The molecule has 0 spiro atoms. The van der Waals surface area contributed by atoms with Gasteiger partial charge in [-0.25, -0.2) is 5.01 Å². The first-order valence-corrected chi connectivity index (χ1v) is 10.4. The maximum atomic E-state index is 12.0. The summed E-state index contributed by atoms with van der Waals surface area (Å²) in [5, 5.41) is 7.68. The summed E-state index contributed by atoms with van der Waals surface area (Å²) < 4.78 is 5.38. The highest BCUT2D eigenvalue weighted by Crippen LogP contribution is 2.30. The lowest BCUT2D eigenvalue weighted by molar-refractivity contribution is -0.120. The van der Waals surface area contributed by atoms with E-state index >= 15 is 0 Å². The van der Waals surface area contributed by atoms with Gasteiger partial charge < -0.3 is 15.8 Å². The van der Waals surface area contributed by atoms with Crippen molar-refractivity contribution in [3.8, 4) is 5.75 Å². The number of hydrogen-bond acceptors (Lipinski definition) is 6. The van der Waals surface area contributed by atoms with Crippen LogP contribution in [-0.4, -0.2) is 38.0 Å². The van der Waals surface area contributed by atoms with Crippen LogP contribution in [0.15, 0.2) is 52.7 Å². The minimum Gasteiger partial charge on any atom is -0.497 e. The van der Waals surface area contributed by atoms with Crippen molar-refractivity contribution < 1.29 is 9.53 Å². The van der Waals surface area contributed by atoms with Gasteiger partial charge in [0, 0.05) is 35.7 Å². The topological polar surface area (TPSA) is 109 Å². The van der Waals surface area contributed by atoms with Gasteiger partial charge in [-0.05, 0) is 43.7 Å². The van der Waals surface area contributed by atoms with E-state index in [1.807, 2.05) is 19.1 Å². The zero-order valence-electron chi connectivity index (χ0n) is 18.0. The zero-order chi connectivity index (χ0) is 22.8. The summed E-state index contributed by atoms with van der Waals surface area (Å²) in [4.78, 5) is 28.2. The smallest absolute Gasteiger partial charge is 0.221 e. The lowest BCUT2D eigenvalue weighted by atomic mass is 9.99. The van der Waals surface area contributed by atoms with Crippen molar-refractivity contribution in [2.24, 2.45) is 16.0 Å². The Morgan fingerprint density at radius 1 is 1.26 bits per heavy atom. The summed E-state index contributed by atoms with van der Waals surface area (Å²) >= 11 is 6.06. The molecule has 0 radical (unpaired) electrons. The Morgan fingerprint density at radius 2 is 1.97 bits per heavy atom. The Balaban J connectivity index is 2.54. The molecule has 0 aliphatic carbocycles. The van der Waals surface area contributed by atoms with Gasteiger partial charge in [0.25, 0.3) is 0 Å². The first-order valence-electron chi connectivity index (χ1n) is 10.0. The molecule has 2 aromatic rings. The van der Waals surface area contributed by atoms with E-state index in [0.717, 1.165) is 12.0 Å². The van der Waals surface area contributed by atoms with E-state index < -0.39 is 6.17 Å². The van der Waals surface area contributed by atoms with Gasteiger partial charge in [0.1, 0.15) is 5.75 Å². The van der Waals surface area contributed by atoms with Crippen molar-refractivity contribution in [3.63, 3.8) is 0 Å². The number of carbonyl (C=O) groups is 1. The van der Waals surface area contributed by atoms with E-state index in [-0.39, 0.29) is 18.9 Å². The maximum absolute atomic E-state index is 12.0. The van der Waals surface area contributed by atoms with Crippen LogP contribution in [0.3, 0.4) is 0 Å². The molecular formula is C22H28ClN5O3. The molecule has 0 aliphatic heterocycles. The molecule has 1 unspecified atom stereocenters. The van der Waals surface area contributed by atoms with Gasteiger partial charge in [-0.15, -0.1) is 4.91 Å². The van der Waals surface area contributed by atoms with Crippen molar-refractivity contribution in [1.82, 2.24) is 5.32 Å². The third-order valence-corrected chi connectivity index (χ3v) is 4.73. The van der Waals surface area contributed by atoms with Crippen LogP contribution in [-0.2, 0) is 4.79 Å². The Hall–Kier alpha value is -2.97. The van der Waals surface area contributed by atoms with Crippen molar-refractivity contribution >= 4 is 28.9 Å². The summed E-state index contributed by atoms with van der Waals surface area (Å²) in [5.74, 6) is 0.510. The van der Waals surface area contributed by atoms with E-state index in [1.54, 1.807) is 44.4 Å². The van der Waals surface area contributed by atoms with Gasteiger partial charge in [-0.2, -0.15) is 0 Å². The summed E-state index contributed by atoms with van der Waals surface area (Å²) in [7, 11) is 1.55. The summed E-state index contributed by atoms with van der Waals surface area (Å²) in [6, 6.07) is 12.3. The number of amides is 1. The quantitative estimate of drug-likeness (QED) is 0.236. The van der Waals surface area contributed by atoms with Crippen molar-refractivity contribution in [2.45, 2.75) is 32.9 Å². The minimum atomic E-state index is -0.657. The van der Waals surface area contributed by atoms with E-state index in [1.165, 1.54) is 5.01 Å². The van der Waals surface area contributed by atoms with Gasteiger partial charge in [0.2, 0.25) is 5.91 Å². The molecule has 0 aliphatic rings. The third kappa shape index (κ3) is 6.77. The number of hydrogen-bond donors (Lipinski definition) is 2. The molecule has 8 nitrogen and oxygen atoms in total. The third-order valence-electron chi connectivity index (χ3n) is 4.48. The Bertz CT molecular complexity index is 916. The van der Waals surface area contributed by atoms with Crippen LogP contribution in [0, 0.1) is 4.91 Å². The summed E-state index contributed by atoms with van der Waals surface area (Å²) in [5.41, 5.74) is 8.38.